The van der Waals surface area contributed by atoms with Crippen molar-refractivity contribution < 1.29 is 4.79 Å². The van der Waals surface area contributed by atoms with Gasteiger partial charge in [0.15, 0.2) is 0 Å². The molecular formula is C26H37N3O. The van der Waals surface area contributed by atoms with Crippen molar-refractivity contribution in [3.63, 3.8) is 0 Å². The van der Waals surface area contributed by atoms with E-state index in [9.17, 15) is 4.79 Å². The fraction of sp³-hybridized carbons (Fsp3) is 0.500. The Hall–Kier alpha value is -2.33. The second-order valence-electron chi connectivity index (χ2n) is 8.95. The third kappa shape index (κ3) is 5.42. The van der Waals surface area contributed by atoms with Gasteiger partial charge in [0.1, 0.15) is 0 Å². The van der Waals surface area contributed by atoms with Gasteiger partial charge in [0, 0.05) is 57.1 Å². The Balaban J connectivity index is 1.65. The molecular weight excluding hydrogens is 370 g/mol. The van der Waals surface area contributed by atoms with E-state index < -0.39 is 0 Å². The van der Waals surface area contributed by atoms with Gasteiger partial charge in [-0.2, -0.15) is 0 Å². The highest BCUT2D eigenvalue weighted by atomic mass is 16.2. The zero-order chi connectivity index (χ0) is 21.7. The lowest BCUT2D eigenvalue weighted by molar-refractivity contribution is -0.122. The number of carbonyl (C=O) groups excluding carboxylic acids is 1. The van der Waals surface area contributed by atoms with Crippen LogP contribution in [0.1, 0.15) is 44.7 Å². The van der Waals surface area contributed by atoms with E-state index >= 15 is 0 Å². The zero-order valence-corrected chi connectivity index (χ0v) is 19.3. The van der Waals surface area contributed by atoms with Crippen molar-refractivity contribution in [1.82, 2.24) is 4.90 Å². The third-order valence-corrected chi connectivity index (χ3v) is 6.14. The smallest absolute Gasteiger partial charge is 0.229 e. The molecule has 0 aromatic heterocycles. The molecule has 3 rings (SSSR count). The Morgan fingerprint density at radius 3 is 1.97 bits per heavy atom. The quantitative estimate of drug-likeness (QED) is 0.648. The van der Waals surface area contributed by atoms with E-state index in [1.165, 1.54) is 16.8 Å². The van der Waals surface area contributed by atoms with Crippen LogP contribution in [0.4, 0.5) is 11.4 Å². The summed E-state index contributed by atoms with van der Waals surface area (Å²) in [5, 5.41) is 0. The largest absolute Gasteiger partial charge is 0.378 e. The summed E-state index contributed by atoms with van der Waals surface area (Å²) in [5.41, 5.74) is 4.94. The molecule has 1 heterocycles. The van der Waals surface area contributed by atoms with Gasteiger partial charge in [0.2, 0.25) is 5.91 Å². The first-order chi connectivity index (χ1) is 14.4. The van der Waals surface area contributed by atoms with Gasteiger partial charge >= 0.3 is 0 Å². The van der Waals surface area contributed by atoms with Gasteiger partial charge < -0.3 is 9.80 Å². The van der Waals surface area contributed by atoms with Crippen LogP contribution >= 0.6 is 0 Å². The topological polar surface area (TPSA) is 26.8 Å². The van der Waals surface area contributed by atoms with Gasteiger partial charge in [0.05, 0.1) is 0 Å². The molecule has 0 bridgehead atoms. The predicted molar refractivity (Wildman–Crippen MR) is 127 cm³/mol. The van der Waals surface area contributed by atoms with E-state index in [1.807, 2.05) is 13.8 Å². The molecule has 2 aromatic carbocycles. The lowest BCUT2D eigenvalue weighted by Gasteiger charge is -2.39. The second kappa shape index (κ2) is 10.1. The molecule has 0 unspecified atom stereocenters. The highest BCUT2D eigenvalue weighted by Crippen LogP contribution is 2.27. The van der Waals surface area contributed by atoms with Crippen molar-refractivity contribution in [2.75, 3.05) is 37.0 Å². The maximum absolute atomic E-state index is 13.1. The molecule has 0 N–H and O–H groups in total. The Labute approximate surface area is 182 Å². The van der Waals surface area contributed by atoms with Crippen molar-refractivity contribution in [1.29, 1.82) is 0 Å². The maximum atomic E-state index is 13.1. The molecule has 1 fully saturated rings. The highest BCUT2D eigenvalue weighted by Gasteiger charge is 2.30. The van der Waals surface area contributed by atoms with Crippen LogP contribution in [0.2, 0.25) is 0 Å². The number of piperidine rings is 1. The molecule has 1 amide bonds. The van der Waals surface area contributed by atoms with Crippen molar-refractivity contribution in [3.8, 4) is 0 Å². The van der Waals surface area contributed by atoms with Gasteiger partial charge in [-0.3, -0.25) is 9.69 Å². The Bertz CT molecular complexity index is 803. The number of nitrogens with zero attached hydrogens (tertiary/aromatic N) is 3. The molecule has 0 atom stereocenters. The average Bonchev–Trinajstić information content (AvgIpc) is 2.76. The fourth-order valence-electron chi connectivity index (χ4n) is 4.18. The maximum Gasteiger partial charge on any atom is 0.229 e. The molecule has 0 radical (unpaired) electrons. The van der Waals surface area contributed by atoms with Crippen molar-refractivity contribution in [2.45, 2.75) is 52.6 Å². The summed E-state index contributed by atoms with van der Waals surface area (Å²) in [6.45, 7) is 9.19. The number of amides is 1. The Kier molecular flexibility index (Phi) is 7.54. The predicted octanol–water partition coefficient (Wildman–Crippen LogP) is 4.97. The molecule has 4 heteroatoms. The van der Waals surface area contributed by atoms with Crippen LogP contribution < -0.4 is 9.80 Å². The number of aryl methyl sites for hydroxylation is 1. The van der Waals surface area contributed by atoms with E-state index in [0.717, 1.165) is 44.6 Å². The minimum atomic E-state index is 0.00379. The van der Waals surface area contributed by atoms with Crippen molar-refractivity contribution in [2.24, 2.45) is 5.92 Å². The van der Waals surface area contributed by atoms with Crippen molar-refractivity contribution >= 4 is 17.3 Å². The van der Waals surface area contributed by atoms with Crippen LogP contribution in [0.25, 0.3) is 0 Å². The summed E-state index contributed by atoms with van der Waals surface area (Å²) in [7, 11) is 4.14. The molecule has 4 nitrogen and oxygen atoms in total. The van der Waals surface area contributed by atoms with Gasteiger partial charge in [-0.25, -0.2) is 0 Å². The number of hydrogen-bond acceptors (Lipinski definition) is 3. The molecule has 2 aromatic rings. The normalized spacial score (nSPS) is 15.4. The molecule has 0 saturated carbocycles. The first kappa shape index (κ1) is 22.4. The average molecular weight is 408 g/mol. The van der Waals surface area contributed by atoms with E-state index in [1.54, 1.807) is 0 Å². The second-order valence-corrected chi connectivity index (χ2v) is 8.95. The first-order valence-electron chi connectivity index (χ1n) is 11.3. The lowest BCUT2D eigenvalue weighted by Crippen LogP contribution is -2.48. The number of likely N-dealkylation sites (tertiary alicyclic amines) is 1. The van der Waals surface area contributed by atoms with Gasteiger partial charge in [0.25, 0.3) is 0 Å². The molecule has 1 aliphatic rings. The summed E-state index contributed by atoms with van der Waals surface area (Å²) >= 11 is 0. The van der Waals surface area contributed by atoms with Crippen LogP contribution in [0.3, 0.4) is 0 Å². The highest BCUT2D eigenvalue weighted by molar-refractivity contribution is 5.95. The fourth-order valence-corrected chi connectivity index (χ4v) is 4.18. The Morgan fingerprint density at radius 2 is 1.47 bits per heavy atom. The monoisotopic (exact) mass is 407 g/mol. The van der Waals surface area contributed by atoms with Crippen LogP contribution in [0.5, 0.6) is 0 Å². The van der Waals surface area contributed by atoms with Crippen molar-refractivity contribution in [3.05, 3.63) is 59.7 Å². The molecule has 162 valence electrons. The minimum Gasteiger partial charge on any atom is -0.378 e. The van der Waals surface area contributed by atoms with Crippen LogP contribution in [-0.4, -0.2) is 44.0 Å². The van der Waals surface area contributed by atoms with E-state index in [-0.39, 0.29) is 17.9 Å². The van der Waals surface area contributed by atoms with Crippen LogP contribution in [0, 0.1) is 5.92 Å². The summed E-state index contributed by atoms with van der Waals surface area (Å²) in [6, 6.07) is 17.7. The number of rotatable bonds is 7. The summed E-state index contributed by atoms with van der Waals surface area (Å²) in [5.74, 6) is 0.237. The Morgan fingerprint density at radius 1 is 0.933 bits per heavy atom. The number of carbonyl (C=O) groups is 1. The summed E-state index contributed by atoms with van der Waals surface area (Å²) < 4.78 is 0. The van der Waals surface area contributed by atoms with E-state index in [0.29, 0.717) is 0 Å². The van der Waals surface area contributed by atoms with Crippen LogP contribution in [-0.2, 0) is 17.8 Å². The summed E-state index contributed by atoms with van der Waals surface area (Å²) in [4.78, 5) is 19.8. The van der Waals surface area contributed by atoms with E-state index in [2.05, 4.69) is 84.2 Å². The van der Waals surface area contributed by atoms with Gasteiger partial charge in [-0.1, -0.05) is 45.0 Å². The molecule has 0 spiro atoms. The molecule has 0 aliphatic carbocycles. The molecule has 1 saturated heterocycles. The first-order valence-corrected chi connectivity index (χ1v) is 11.3. The lowest BCUT2D eigenvalue weighted by atomic mass is 9.99. The van der Waals surface area contributed by atoms with E-state index in [4.69, 9.17) is 0 Å². The number of hydrogen-bond donors (Lipinski definition) is 0. The van der Waals surface area contributed by atoms with Gasteiger partial charge in [-0.05, 0) is 54.7 Å². The minimum absolute atomic E-state index is 0.00379. The SMILES string of the molecule is CCc1ccc(N(C(=O)C(C)C)C2CCN(Cc3ccc(N(C)C)cc3)CC2)cc1. The molecule has 1 aliphatic heterocycles. The molecule has 30 heavy (non-hydrogen) atoms. The third-order valence-electron chi connectivity index (χ3n) is 6.14. The van der Waals surface area contributed by atoms with Gasteiger partial charge in [-0.15, -0.1) is 0 Å². The standard InChI is InChI=1S/C26H37N3O/c1-6-21-7-13-24(14-8-21)29(26(30)20(2)3)25-15-17-28(18-16-25)19-22-9-11-23(12-10-22)27(4)5/h7-14,20,25H,6,15-19H2,1-5H3. The zero-order valence-electron chi connectivity index (χ0n) is 19.3. The number of anilines is 2. The number of benzene rings is 2. The summed E-state index contributed by atoms with van der Waals surface area (Å²) in [6.07, 6.45) is 3.06. The van der Waals surface area contributed by atoms with Crippen LogP contribution in [0.15, 0.2) is 48.5 Å².